The summed E-state index contributed by atoms with van der Waals surface area (Å²) in [6.45, 7) is -0.580. The summed E-state index contributed by atoms with van der Waals surface area (Å²) in [4.78, 5) is 12.8. The number of rotatable bonds is 4. The molecular formula is C21H19FO8. The van der Waals surface area contributed by atoms with Crippen LogP contribution in [0.15, 0.2) is 57.9 Å². The van der Waals surface area contributed by atoms with Gasteiger partial charge in [0.05, 0.1) is 17.6 Å². The molecule has 0 spiro atoms. The van der Waals surface area contributed by atoms with Gasteiger partial charge < -0.3 is 34.3 Å². The largest absolute Gasteiger partial charge is 0.463 e. The number of halogens is 1. The quantitative estimate of drug-likeness (QED) is 0.489. The van der Waals surface area contributed by atoms with Crippen LogP contribution < -0.4 is 10.2 Å². The van der Waals surface area contributed by atoms with Gasteiger partial charge in [0.15, 0.2) is 5.43 Å². The minimum absolute atomic E-state index is 0.171. The van der Waals surface area contributed by atoms with Crippen LogP contribution >= 0.6 is 0 Å². The van der Waals surface area contributed by atoms with Crippen molar-refractivity contribution < 1.29 is 38.7 Å². The number of aliphatic hydroxyl groups is 4. The van der Waals surface area contributed by atoms with Gasteiger partial charge in [0.1, 0.15) is 47.8 Å². The van der Waals surface area contributed by atoms with Crippen molar-refractivity contribution >= 4 is 11.0 Å². The first kappa shape index (κ1) is 20.5. The Kier molecular flexibility index (Phi) is 5.54. The van der Waals surface area contributed by atoms with E-state index in [-0.39, 0.29) is 27.7 Å². The number of hydrogen-bond acceptors (Lipinski definition) is 8. The Morgan fingerprint density at radius 3 is 2.43 bits per heavy atom. The van der Waals surface area contributed by atoms with Crippen molar-refractivity contribution in [1.82, 2.24) is 0 Å². The monoisotopic (exact) mass is 418 g/mol. The van der Waals surface area contributed by atoms with Crippen molar-refractivity contribution in [2.45, 2.75) is 30.7 Å². The Hall–Kier alpha value is -2.82. The van der Waals surface area contributed by atoms with Gasteiger partial charge in [-0.2, -0.15) is 0 Å². The van der Waals surface area contributed by atoms with E-state index in [1.165, 1.54) is 48.7 Å². The van der Waals surface area contributed by atoms with Crippen molar-refractivity contribution in [3.8, 4) is 16.9 Å². The van der Waals surface area contributed by atoms with Crippen molar-refractivity contribution in [3.05, 3.63) is 64.8 Å². The molecule has 8 nitrogen and oxygen atoms in total. The molecule has 3 aromatic rings. The summed E-state index contributed by atoms with van der Waals surface area (Å²) in [6.07, 6.45) is -5.84. The van der Waals surface area contributed by atoms with Gasteiger partial charge in [-0.3, -0.25) is 4.79 Å². The normalized spacial score (nSPS) is 26.6. The van der Waals surface area contributed by atoms with E-state index in [4.69, 9.17) is 13.9 Å². The van der Waals surface area contributed by atoms with Crippen molar-refractivity contribution in [1.29, 1.82) is 0 Å². The molecule has 0 unspecified atom stereocenters. The molecule has 2 heterocycles. The fourth-order valence-electron chi connectivity index (χ4n) is 3.31. The Bertz CT molecular complexity index is 1090. The molecule has 158 valence electrons. The third kappa shape index (κ3) is 3.69. The van der Waals surface area contributed by atoms with Gasteiger partial charge in [0.2, 0.25) is 6.29 Å². The highest BCUT2D eigenvalue weighted by molar-refractivity contribution is 5.82. The molecule has 1 saturated heterocycles. The van der Waals surface area contributed by atoms with E-state index in [0.29, 0.717) is 5.56 Å². The molecule has 0 amide bonds. The van der Waals surface area contributed by atoms with Crippen LogP contribution in [0.25, 0.3) is 22.1 Å². The minimum Gasteiger partial charge on any atom is -0.463 e. The molecule has 0 aliphatic carbocycles. The maximum absolute atomic E-state index is 13.1. The lowest BCUT2D eigenvalue weighted by Gasteiger charge is -2.39. The second kappa shape index (κ2) is 8.13. The molecule has 1 aliphatic heterocycles. The molecule has 9 heteroatoms. The molecule has 0 bridgehead atoms. The summed E-state index contributed by atoms with van der Waals surface area (Å²) in [5, 5.41) is 39.3. The lowest BCUT2D eigenvalue weighted by molar-refractivity contribution is -0.277. The molecule has 0 saturated carbocycles. The first-order valence-corrected chi connectivity index (χ1v) is 9.17. The number of aliphatic hydroxyl groups excluding tert-OH is 4. The van der Waals surface area contributed by atoms with Gasteiger partial charge >= 0.3 is 0 Å². The van der Waals surface area contributed by atoms with Gasteiger partial charge in [0.25, 0.3) is 0 Å². The van der Waals surface area contributed by atoms with Crippen molar-refractivity contribution in [2.75, 3.05) is 6.61 Å². The fraction of sp³-hybridized carbons (Fsp3) is 0.286. The summed E-state index contributed by atoms with van der Waals surface area (Å²) in [6, 6.07) is 9.77. The van der Waals surface area contributed by atoms with Crippen molar-refractivity contribution in [2.24, 2.45) is 0 Å². The average Bonchev–Trinajstić information content (AvgIpc) is 2.75. The van der Waals surface area contributed by atoms with E-state index < -0.39 is 43.1 Å². The Morgan fingerprint density at radius 2 is 1.73 bits per heavy atom. The van der Waals surface area contributed by atoms with Crippen LogP contribution in [0.2, 0.25) is 0 Å². The third-order valence-corrected chi connectivity index (χ3v) is 5.00. The molecule has 1 fully saturated rings. The van der Waals surface area contributed by atoms with Gasteiger partial charge in [-0.15, -0.1) is 0 Å². The minimum atomic E-state index is -1.57. The topological polar surface area (TPSA) is 130 Å². The van der Waals surface area contributed by atoms with Crippen LogP contribution in [0.3, 0.4) is 0 Å². The maximum Gasteiger partial charge on any atom is 0.229 e. The standard InChI is InChI=1S/C21H19FO8/c22-11-3-1-10(2-4-11)14-9-28-15-7-12(5-6-13(15)17(14)24)29-21-20(27)19(26)18(25)16(8-23)30-21/h1-7,9,16,18-21,23,25-27H,8H2/t16-,18+,19-,20+,21-/m1/s1. The smallest absolute Gasteiger partial charge is 0.229 e. The predicted octanol–water partition coefficient (Wildman–Crippen LogP) is 0.778. The molecule has 1 aliphatic rings. The average molecular weight is 418 g/mol. The van der Waals surface area contributed by atoms with E-state index in [9.17, 15) is 29.6 Å². The Balaban J connectivity index is 1.62. The predicted molar refractivity (Wildman–Crippen MR) is 102 cm³/mol. The molecule has 4 rings (SSSR count). The number of fused-ring (bicyclic) bond motifs is 1. The lowest BCUT2D eigenvalue weighted by Crippen LogP contribution is -2.60. The van der Waals surface area contributed by atoms with E-state index in [1.807, 2.05) is 0 Å². The lowest BCUT2D eigenvalue weighted by atomic mass is 9.99. The molecule has 4 N–H and O–H groups in total. The summed E-state index contributed by atoms with van der Waals surface area (Å²) < 4.78 is 29.5. The highest BCUT2D eigenvalue weighted by atomic mass is 19.1. The molecule has 0 radical (unpaired) electrons. The van der Waals surface area contributed by atoms with Crippen molar-refractivity contribution in [3.63, 3.8) is 0 Å². The van der Waals surface area contributed by atoms with Crippen LogP contribution in [0.5, 0.6) is 5.75 Å². The molecule has 2 aromatic carbocycles. The van der Waals surface area contributed by atoms with E-state index in [2.05, 4.69) is 0 Å². The SMILES string of the molecule is O=c1c(-c2ccc(F)cc2)coc2cc(O[C@@H]3O[C@H](CO)[C@H](O)[C@@H](O)[C@@H]3O)ccc12. The van der Waals surface area contributed by atoms with Crippen LogP contribution in [-0.2, 0) is 4.74 Å². The van der Waals surface area contributed by atoms with Gasteiger partial charge in [0, 0.05) is 6.07 Å². The second-order valence-electron chi connectivity index (χ2n) is 6.96. The summed E-state index contributed by atoms with van der Waals surface area (Å²) in [7, 11) is 0. The van der Waals surface area contributed by atoms with Gasteiger partial charge in [-0.25, -0.2) is 4.39 Å². The highest BCUT2D eigenvalue weighted by Gasteiger charge is 2.44. The van der Waals surface area contributed by atoms with E-state index >= 15 is 0 Å². The molecular weight excluding hydrogens is 399 g/mol. The number of hydrogen-bond donors (Lipinski definition) is 4. The van der Waals surface area contributed by atoms with E-state index in [1.54, 1.807) is 0 Å². The van der Waals surface area contributed by atoms with Crippen LogP contribution in [0.1, 0.15) is 0 Å². The van der Waals surface area contributed by atoms with E-state index in [0.717, 1.165) is 0 Å². The zero-order valence-corrected chi connectivity index (χ0v) is 15.5. The number of benzene rings is 2. The van der Waals surface area contributed by atoms with Crippen LogP contribution in [-0.4, -0.2) is 57.7 Å². The molecule has 30 heavy (non-hydrogen) atoms. The first-order valence-electron chi connectivity index (χ1n) is 9.17. The zero-order valence-electron chi connectivity index (χ0n) is 15.5. The maximum atomic E-state index is 13.1. The second-order valence-corrected chi connectivity index (χ2v) is 6.96. The molecule has 5 atom stereocenters. The fourth-order valence-corrected chi connectivity index (χ4v) is 3.31. The number of ether oxygens (including phenoxy) is 2. The highest BCUT2D eigenvalue weighted by Crippen LogP contribution is 2.27. The van der Waals surface area contributed by atoms with Gasteiger partial charge in [-0.05, 0) is 29.8 Å². The summed E-state index contributed by atoms with van der Waals surface area (Å²) in [5.74, 6) is -0.247. The first-order chi connectivity index (χ1) is 14.4. The Morgan fingerprint density at radius 1 is 1.00 bits per heavy atom. The summed E-state index contributed by atoms with van der Waals surface area (Å²) in [5.41, 5.74) is 0.661. The van der Waals surface area contributed by atoms with Gasteiger partial charge in [-0.1, -0.05) is 12.1 Å². The third-order valence-electron chi connectivity index (χ3n) is 5.00. The Labute approximate surface area is 169 Å². The molecule has 1 aromatic heterocycles. The summed E-state index contributed by atoms with van der Waals surface area (Å²) >= 11 is 0. The van der Waals surface area contributed by atoms with Crippen LogP contribution in [0.4, 0.5) is 4.39 Å². The van der Waals surface area contributed by atoms with Crippen LogP contribution in [0, 0.1) is 5.82 Å². The zero-order chi connectivity index (χ0) is 21.4.